The predicted molar refractivity (Wildman–Crippen MR) is 51.4 cm³/mol. The smallest absolute Gasteiger partial charge is 0.478 e. The topological polar surface area (TPSA) is 72.8 Å². The molecule has 15 heavy (non-hydrogen) atoms. The Labute approximate surface area is 90.2 Å². The summed E-state index contributed by atoms with van der Waals surface area (Å²) in [7, 11) is 1.15. The zero-order valence-electron chi connectivity index (χ0n) is 7.69. The van der Waals surface area contributed by atoms with Gasteiger partial charge in [-0.2, -0.15) is 0 Å². The molecule has 0 radical (unpaired) electrons. The second kappa shape index (κ2) is 4.65. The molecule has 0 aliphatic heterocycles. The number of hydrogen-bond donors (Lipinski definition) is 1. The predicted octanol–water partition coefficient (Wildman–Crippen LogP) is 2.18. The van der Waals surface area contributed by atoms with Crippen molar-refractivity contribution >= 4 is 23.7 Å². The standard InChI is InChI=1S/C9H7ClO5/c1-14-9(13)15-7-3-2-5(8(11)12)4-6(7)10/h2-4H,1H3,(H,11,12). The number of aromatic carboxylic acids is 1. The van der Waals surface area contributed by atoms with E-state index in [1.54, 1.807) is 0 Å². The maximum absolute atomic E-state index is 10.7. The van der Waals surface area contributed by atoms with Crippen molar-refractivity contribution in [3.8, 4) is 5.75 Å². The molecule has 0 aliphatic carbocycles. The molecule has 6 heteroatoms. The van der Waals surface area contributed by atoms with Gasteiger partial charge in [0.25, 0.3) is 0 Å². The summed E-state index contributed by atoms with van der Waals surface area (Å²) in [5, 5.41) is 8.67. The maximum Gasteiger partial charge on any atom is 0.513 e. The van der Waals surface area contributed by atoms with E-state index in [4.69, 9.17) is 16.7 Å². The third-order valence-electron chi connectivity index (χ3n) is 1.54. The molecule has 0 saturated carbocycles. The lowest BCUT2D eigenvalue weighted by molar-refractivity contribution is 0.0697. The number of benzene rings is 1. The van der Waals surface area contributed by atoms with Gasteiger partial charge in [-0.05, 0) is 18.2 Å². The Balaban J connectivity index is 2.93. The SMILES string of the molecule is COC(=O)Oc1ccc(C(=O)O)cc1Cl. The fourth-order valence-corrected chi connectivity index (χ4v) is 1.07. The van der Waals surface area contributed by atoms with Crippen LogP contribution >= 0.6 is 11.6 Å². The molecule has 5 nitrogen and oxygen atoms in total. The Bertz CT molecular complexity index is 401. The first-order valence-electron chi connectivity index (χ1n) is 3.83. The summed E-state index contributed by atoms with van der Waals surface area (Å²) >= 11 is 5.68. The molecule has 0 aromatic heterocycles. The van der Waals surface area contributed by atoms with Gasteiger partial charge in [0, 0.05) is 0 Å². The normalized spacial score (nSPS) is 9.47. The van der Waals surface area contributed by atoms with Crippen molar-refractivity contribution in [1.29, 1.82) is 0 Å². The molecule has 1 aromatic carbocycles. The van der Waals surface area contributed by atoms with Gasteiger partial charge in [0.2, 0.25) is 0 Å². The monoisotopic (exact) mass is 230 g/mol. The van der Waals surface area contributed by atoms with Gasteiger partial charge in [-0.25, -0.2) is 9.59 Å². The summed E-state index contributed by atoms with van der Waals surface area (Å²) in [6.07, 6.45) is -0.917. The molecule has 0 spiro atoms. The number of carbonyl (C=O) groups excluding carboxylic acids is 1. The highest BCUT2D eigenvalue weighted by molar-refractivity contribution is 6.32. The van der Waals surface area contributed by atoms with E-state index < -0.39 is 12.1 Å². The average Bonchev–Trinajstić information content (AvgIpc) is 2.20. The summed E-state index contributed by atoms with van der Waals surface area (Å²) in [5.74, 6) is -1.06. The zero-order chi connectivity index (χ0) is 11.4. The molecule has 0 fully saturated rings. The van der Waals surface area contributed by atoms with Gasteiger partial charge in [0.15, 0.2) is 5.75 Å². The molecule has 0 bridgehead atoms. The van der Waals surface area contributed by atoms with Crippen molar-refractivity contribution < 1.29 is 24.2 Å². The number of hydrogen-bond acceptors (Lipinski definition) is 4. The van der Waals surface area contributed by atoms with Crippen molar-refractivity contribution in [3.05, 3.63) is 28.8 Å². The Morgan fingerprint density at radius 2 is 2.07 bits per heavy atom. The molecular weight excluding hydrogens is 224 g/mol. The van der Waals surface area contributed by atoms with Gasteiger partial charge in [-0.1, -0.05) is 11.6 Å². The highest BCUT2D eigenvalue weighted by atomic mass is 35.5. The first-order valence-corrected chi connectivity index (χ1v) is 4.21. The van der Waals surface area contributed by atoms with Crippen molar-refractivity contribution in [3.63, 3.8) is 0 Å². The van der Waals surface area contributed by atoms with Gasteiger partial charge in [0.05, 0.1) is 17.7 Å². The second-order valence-corrected chi connectivity index (χ2v) is 2.91. The molecule has 0 aliphatic rings. The summed E-state index contributed by atoms with van der Waals surface area (Å²) in [6, 6.07) is 3.73. The molecule has 1 N–H and O–H groups in total. The van der Waals surface area contributed by atoms with Crippen LogP contribution in [-0.4, -0.2) is 24.3 Å². The van der Waals surface area contributed by atoms with E-state index in [0.29, 0.717) is 0 Å². The Hall–Kier alpha value is -1.75. The number of carboxylic acids is 1. The van der Waals surface area contributed by atoms with Crippen LogP contribution in [0.3, 0.4) is 0 Å². The minimum atomic E-state index is -1.11. The highest BCUT2D eigenvalue weighted by Gasteiger charge is 2.11. The van der Waals surface area contributed by atoms with Gasteiger partial charge >= 0.3 is 12.1 Å². The first-order chi connectivity index (χ1) is 7.04. The van der Waals surface area contributed by atoms with Gasteiger partial charge in [-0.15, -0.1) is 0 Å². The summed E-state index contributed by atoms with van der Waals surface area (Å²) < 4.78 is 8.89. The maximum atomic E-state index is 10.7. The van der Waals surface area contributed by atoms with Crippen molar-refractivity contribution in [2.45, 2.75) is 0 Å². The number of ether oxygens (including phenoxy) is 2. The van der Waals surface area contributed by atoms with Crippen LogP contribution in [0.15, 0.2) is 18.2 Å². The lowest BCUT2D eigenvalue weighted by atomic mass is 10.2. The van der Waals surface area contributed by atoms with Crippen LogP contribution in [0, 0.1) is 0 Å². The number of carboxylic acid groups (broad SMARTS) is 1. The largest absolute Gasteiger partial charge is 0.513 e. The van der Waals surface area contributed by atoms with E-state index in [9.17, 15) is 9.59 Å². The molecule has 0 unspecified atom stereocenters. The Kier molecular flexibility index (Phi) is 3.51. The second-order valence-electron chi connectivity index (χ2n) is 2.51. The highest BCUT2D eigenvalue weighted by Crippen LogP contribution is 2.25. The fraction of sp³-hybridized carbons (Fsp3) is 0.111. The van der Waals surface area contributed by atoms with E-state index >= 15 is 0 Å². The van der Waals surface area contributed by atoms with Crippen LogP contribution in [0.4, 0.5) is 4.79 Å². The number of carbonyl (C=O) groups is 2. The number of halogens is 1. The minimum absolute atomic E-state index is 0.0113. The summed E-state index contributed by atoms with van der Waals surface area (Å²) in [4.78, 5) is 21.3. The fourth-order valence-electron chi connectivity index (χ4n) is 0.848. The minimum Gasteiger partial charge on any atom is -0.478 e. The van der Waals surface area contributed by atoms with E-state index in [0.717, 1.165) is 7.11 Å². The molecular formula is C9H7ClO5. The molecule has 0 heterocycles. The third-order valence-corrected chi connectivity index (χ3v) is 1.83. The Morgan fingerprint density at radius 3 is 2.53 bits per heavy atom. The lowest BCUT2D eigenvalue weighted by Gasteiger charge is -2.04. The van der Waals surface area contributed by atoms with E-state index in [-0.39, 0.29) is 16.3 Å². The van der Waals surface area contributed by atoms with Gasteiger partial charge in [-0.3, -0.25) is 0 Å². The quantitative estimate of drug-likeness (QED) is 0.623. The van der Waals surface area contributed by atoms with Crippen LogP contribution in [0.2, 0.25) is 5.02 Å². The van der Waals surface area contributed by atoms with Crippen molar-refractivity contribution in [2.75, 3.05) is 7.11 Å². The number of rotatable bonds is 2. The molecule has 1 rings (SSSR count). The van der Waals surface area contributed by atoms with Crippen LogP contribution in [-0.2, 0) is 4.74 Å². The van der Waals surface area contributed by atoms with Gasteiger partial charge < -0.3 is 14.6 Å². The Morgan fingerprint density at radius 1 is 1.40 bits per heavy atom. The third kappa shape index (κ3) is 2.85. The van der Waals surface area contributed by atoms with E-state index in [1.807, 2.05) is 0 Å². The van der Waals surface area contributed by atoms with Crippen LogP contribution in [0.25, 0.3) is 0 Å². The van der Waals surface area contributed by atoms with Crippen molar-refractivity contribution in [1.82, 2.24) is 0 Å². The van der Waals surface area contributed by atoms with E-state index in [2.05, 4.69) is 9.47 Å². The number of methoxy groups -OCH3 is 1. The molecule has 1 aromatic rings. The molecule has 0 amide bonds. The van der Waals surface area contributed by atoms with E-state index in [1.165, 1.54) is 18.2 Å². The van der Waals surface area contributed by atoms with Crippen LogP contribution in [0.1, 0.15) is 10.4 Å². The molecule has 0 saturated heterocycles. The first kappa shape index (κ1) is 11.3. The molecule has 80 valence electrons. The zero-order valence-corrected chi connectivity index (χ0v) is 8.45. The summed E-state index contributed by atoms with van der Waals surface area (Å²) in [5.41, 5.74) is 0.0113. The average molecular weight is 231 g/mol. The van der Waals surface area contributed by atoms with Gasteiger partial charge in [0.1, 0.15) is 0 Å². The lowest BCUT2D eigenvalue weighted by Crippen LogP contribution is -2.08. The van der Waals surface area contributed by atoms with Crippen LogP contribution in [0.5, 0.6) is 5.75 Å². The summed E-state index contributed by atoms with van der Waals surface area (Å²) in [6.45, 7) is 0. The molecule has 0 atom stereocenters. The van der Waals surface area contributed by atoms with Crippen LogP contribution < -0.4 is 4.74 Å². The van der Waals surface area contributed by atoms with Crippen molar-refractivity contribution in [2.24, 2.45) is 0 Å².